The molecule has 0 atom stereocenters. The van der Waals surface area contributed by atoms with Crippen molar-refractivity contribution in [3.05, 3.63) is 12.7 Å². The molecule has 0 aliphatic heterocycles. The summed E-state index contributed by atoms with van der Waals surface area (Å²) in [5.41, 5.74) is -0.0746. The summed E-state index contributed by atoms with van der Waals surface area (Å²) in [6.45, 7) is 3.59. The summed E-state index contributed by atoms with van der Waals surface area (Å²) < 4.78 is 5.78. The Balaban J connectivity index is 1.73. The van der Waals surface area contributed by atoms with Crippen molar-refractivity contribution in [2.24, 2.45) is 17.8 Å². The first-order valence-electron chi connectivity index (χ1n) is 6.52. The third-order valence-corrected chi connectivity index (χ3v) is 4.62. The van der Waals surface area contributed by atoms with E-state index in [1.54, 1.807) is 6.08 Å². The van der Waals surface area contributed by atoms with Crippen LogP contribution in [-0.4, -0.2) is 11.6 Å². The van der Waals surface area contributed by atoms with E-state index in [2.05, 4.69) is 6.58 Å². The Morgan fingerprint density at radius 1 is 1.19 bits per heavy atom. The Bertz CT molecular complexity index is 283. The van der Waals surface area contributed by atoms with Gasteiger partial charge in [0.2, 0.25) is 0 Å². The summed E-state index contributed by atoms with van der Waals surface area (Å²) in [4.78, 5) is 11.6. The van der Waals surface area contributed by atoms with Crippen LogP contribution in [0.2, 0.25) is 0 Å². The van der Waals surface area contributed by atoms with Gasteiger partial charge in [0.1, 0.15) is 5.60 Å². The van der Waals surface area contributed by atoms with Crippen LogP contribution < -0.4 is 0 Å². The van der Waals surface area contributed by atoms with E-state index in [0.29, 0.717) is 6.42 Å². The van der Waals surface area contributed by atoms with Crippen molar-refractivity contribution in [1.29, 1.82) is 0 Å². The van der Waals surface area contributed by atoms with Gasteiger partial charge in [-0.2, -0.15) is 0 Å². The van der Waals surface area contributed by atoms with Gasteiger partial charge in [-0.3, -0.25) is 4.79 Å². The molecule has 16 heavy (non-hydrogen) atoms. The van der Waals surface area contributed by atoms with Crippen LogP contribution >= 0.6 is 0 Å². The molecular formula is C14H20O2. The molecule has 4 rings (SSSR count). The second-order valence-electron chi connectivity index (χ2n) is 6.07. The van der Waals surface area contributed by atoms with Gasteiger partial charge in [-0.1, -0.05) is 6.08 Å². The average molecular weight is 220 g/mol. The van der Waals surface area contributed by atoms with Gasteiger partial charge in [-0.25, -0.2) is 0 Å². The molecule has 0 N–H and O–H groups in total. The molecule has 0 spiro atoms. The number of esters is 1. The lowest BCUT2D eigenvalue weighted by Gasteiger charge is -2.55. The second-order valence-corrected chi connectivity index (χ2v) is 6.07. The summed E-state index contributed by atoms with van der Waals surface area (Å²) in [6.07, 6.45) is 9.55. The highest BCUT2D eigenvalue weighted by Crippen LogP contribution is 2.57. The Morgan fingerprint density at radius 3 is 2.12 bits per heavy atom. The third-order valence-electron chi connectivity index (χ3n) is 4.62. The SMILES string of the molecule is C=CCC(=O)OC12CC3CC(CC(C3)C1)C2. The number of carbonyl (C=O) groups excluding carboxylic acids is 1. The molecule has 0 unspecified atom stereocenters. The monoisotopic (exact) mass is 220 g/mol. The maximum Gasteiger partial charge on any atom is 0.310 e. The minimum Gasteiger partial charge on any atom is -0.459 e. The molecule has 4 bridgehead atoms. The van der Waals surface area contributed by atoms with Crippen molar-refractivity contribution in [1.82, 2.24) is 0 Å². The zero-order chi connectivity index (χ0) is 11.2. The fraction of sp³-hybridized carbons (Fsp3) is 0.786. The topological polar surface area (TPSA) is 26.3 Å². The number of hydrogen-bond donors (Lipinski definition) is 0. The maximum absolute atomic E-state index is 11.6. The molecular weight excluding hydrogens is 200 g/mol. The lowest BCUT2D eigenvalue weighted by atomic mass is 9.54. The van der Waals surface area contributed by atoms with E-state index >= 15 is 0 Å². The molecule has 0 saturated heterocycles. The van der Waals surface area contributed by atoms with Gasteiger partial charge in [-0.15, -0.1) is 6.58 Å². The van der Waals surface area contributed by atoms with Crippen LogP contribution in [0.15, 0.2) is 12.7 Å². The summed E-state index contributed by atoms with van der Waals surface area (Å²) in [6, 6.07) is 0. The van der Waals surface area contributed by atoms with E-state index in [0.717, 1.165) is 37.0 Å². The van der Waals surface area contributed by atoms with E-state index in [9.17, 15) is 4.79 Å². The first kappa shape index (κ1) is 10.4. The molecule has 88 valence electrons. The van der Waals surface area contributed by atoms with Crippen molar-refractivity contribution in [2.75, 3.05) is 0 Å². The standard InChI is InChI=1S/C14H20O2/c1-2-3-13(15)16-14-7-10-4-11(8-14)6-12(5-10)9-14/h2,10-12H,1,3-9H2. The number of rotatable bonds is 3. The van der Waals surface area contributed by atoms with E-state index in [4.69, 9.17) is 4.74 Å². The minimum absolute atomic E-state index is 0.0723. The molecule has 4 aliphatic rings. The summed E-state index contributed by atoms with van der Waals surface area (Å²) in [5, 5.41) is 0. The lowest BCUT2D eigenvalue weighted by molar-refractivity contribution is -0.185. The molecule has 4 aliphatic carbocycles. The Hall–Kier alpha value is -0.790. The molecule has 2 nitrogen and oxygen atoms in total. The van der Waals surface area contributed by atoms with E-state index in [1.807, 2.05) is 0 Å². The van der Waals surface area contributed by atoms with Crippen LogP contribution in [0.3, 0.4) is 0 Å². The molecule has 0 radical (unpaired) electrons. The van der Waals surface area contributed by atoms with Gasteiger partial charge in [-0.05, 0) is 56.3 Å². The van der Waals surface area contributed by atoms with Crippen LogP contribution in [0, 0.1) is 17.8 Å². The molecule has 4 fully saturated rings. The van der Waals surface area contributed by atoms with E-state index < -0.39 is 0 Å². The number of hydrogen-bond acceptors (Lipinski definition) is 2. The van der Waals surface area contributed by atoms with Crippen molar-refractivity contribution < 1.29 is 9.53 Å². The average Bonchev–Trinajstić information content (AvgIpc) is 2.13. The third kappa shape index (κ3) is 1.68. The summed E-state index contributed by atoms with van der Waals surface area (Å²) >= 11 is 0. The Morgan fingerprint density at radius 2 is 1.69 bits per heavy atom. The molecule has 0 heterocycles. The van der Waals surface area contributed by atoms with Gasteiger partial charge in [0, 0.05) is 0 Å². The molecule has 0 aromatic carbocycles. The predicted octanol–water partition coefficient (Wildman–Crippen LogP) is 3.07. The number of ether oxygens (including phenoxy) is 1. The first-order valence-corrected chi connectivity index (χ1v) is 6.52. The van der Waals surface area contributed by atoms with E-state index in [-0.39, 0.29) is 11.6 Å². The fourth-order valence-electron chi connectivity index (χ4n) is 4.56. The highest BCUT2D eigenvalue weighted by atomic mass is 16.6. The lowest BCUT2D eigenvalue weighted by Crippen LogP contribution is -2.52. The Kier molecular flexibility index (Phi) is 2.34. The molecule has 2 heteroatoms. The van der Waals surface area contributed by atoms with Crippen molar-refractivity contribution in [3.63, 3.8) is 0 Å². The van der Waals surface area contributed by atoms with Gasteiger partial charge in [0.15, 0.2) is 0 Å². The van der Waals surface area contributed by atoms with Gasteiger partial charge in [0.05, 0.1) is 6.42 Å². The van der Waals surface area contributed by atoms with Crippen LogP contribution in [0.4, 0.5) is 0 Å². The Labute approximate surface area is 97.1 Å². The predicted molar refractivity (Wildman–Crippen MR) is 61.8 cm³/mol. The van der Waals surface area contributed by atoms with Crippen molar-refractivity contribution in [2.45, 2.75) is 50.5 Å². The second kappa shape index (κ2) is 3.61. The molecule has 0 aromatic heterocycles. The van der Waals surface area contributed by atoms with Gasteiger partial charge < -0.3 is 4.74 Å². The molecule has 4 saturated carbocycles. The minimum atomic E-state index is -0.0746. The van der Waals surface area contributed by atoms with Crippen LogP contribution in [0.5, 0.6) is 0 Å². The fourth-order valence-corrected chi connectivity index (χ4v) is 4.56. The van der Waals surface area contributed by atoms with Crippen molar-refractivity contribution in [3.8, 4) is 0 Å². The van der Waals surface area contributed by atoms with Gasteiger partial charge in [0.25, 0.3) is 0 Å². The maximum atomic E-state index is 11.6. The largest absolute Gasteiger partial charge is 0.459 e. The quantitative estimate of drug-likeness (QED) is 0.539. The molecule has 0 aromatic rings. The van der Waals surface area contributed by atoms with Gasteiger partial charge >= 0.3 is 5.97 Å². The summed E-state index contributed by atoms with van der Waals surface area (Å²) in [7, 11) is 0. The van der Waals surface area contributed by atoms with Crippen LogP contribution in [-0.2, 0) is 9.53 Å². The van der Waals surface area contributed by atoms with Crippen LogP contribution in [0.1, 0.15) is 44.9 Å². The van der Waals surface area contributed by atoms with Crippen LogP contribution in [0.25, 0.3) is 0 Å². The number of carbonyl (C=O) groups is 1. The normalized spacial score (nSPS) is 44.4. The zero-order valence-corrected chi connectivity index (χ0v) is 9.78. The summed E-state index contributed by atoms with van der Waals surface area (Å²) in [5.74, 6) is 2.44. The highest BCUT2D eigenvalue weighted by Gasteiger charge is 2.53. The first-order chi connectivity index (χ1) is 7.69. The molecule has 0 amide bonds. The smallest absolute Gasteiger partial charge is 0.310 e. The van der Waals surface area contributed by atoms with Crippen molar-refractivity contribution >= 4 is 5.97 Å². The van der Waals surface area contributed by atoms with E-state index in [1.165, 1.54) is 19.3 Å². The highest BCUT2D eigenvalue weighted by molar-refractivity contribution is 5.71. The zero-order valence-electron chi connectivity index (χ0n) is 9.78.